The zero-order valence-electron chi connectivity index (χ0n) is 12.8. The van der Waals surface area contributed by atoms with Crippen molar-refractivity contribution >= 4 is 11.6 Å². The van der Waals surface area contributed by atoms with Crippen LogP contribution in [0.15, 0.2) is 30.6 Å². The summed E-state index contributed by atoms with van der Waals surface area (Å²) in [5.74, 6) is 0.847. The summed E-state index contributed by atoms with van der Waals surface area (Å²) >= 11 is 6.28. The van der Waals surface area contributed by atoms with Crippen molar-refractivity contribution < 1.29 is 4.74 Å². The van der Waals surface area contributed by atoms with Crippen LogP contribution in [-0.2, 0) is 20.0 Å². The SMILES string of the molecule is CC(C)NCc1c(Cl)cccc1OCCc1cnn(C)c1. The summed E-state index contributed by atoms with van der Waals surface area (Å²) in [5.41, 5.74) is 2.18. The summed E-state index contributed by atoms with van der Waals surface area (Å²) in [4.78, 5) is 0. The smallest absolute Gasteiger partial charge is 0.125 e. The minimum Gasteiger partial charge on any atom is -0.493 e. The summed E-state index contributed by atoms with van der Waals surface area (Å²) < 4.78 is 7.70. The van der Waals surface area contributed by atoms with Crippen LogP contribution in [0.25, 0.3) is 0 Å². The van der Waals surface area contributed by atoms with Gasteiger partial charge in [0, 0.05) is 42.8 Å². The molecule has 2 aromatic rings. The Labute approximate surface area is 131 Å². The van der Waals surface area contributed by atoms with E-state index < -0.39 is 0 Å². The van der Waals surface area contributed by atoms with Gasteiger partial charge in [0.1, 0.15) is 5.75 Å². The van der Waals surface area contributed by atoms with E-state index in [1.807, 2.05) is 37.6 Å². The van der Waals surface area contributed by atoms with E-state index in [1.54, 1.807) is 4.68 Å². The molecule has 1 heterocycles. The Hall–Kier alpha value is -1.52. The highest BCUT2D eigenvalue weighted by Crippen LogP contribution is 2.26. The number of benzene rings is 1. The van der Waals surface area contributed by atoms with E-state index in [0.717, 1.165) is 22.8 Å². The first kappa shape index (κ1) is 15.9. The van der Waals surface area contributed by atoms with Crippen LogP contribution in [0, 0.1) is 0 Å². The minimum atomic E-state index is 0.407. The van der Waals surface area contributed by atoms with E-state index in [0.29, 0.717) is 19.2 Å². The second-order valence-electron chi connectivity index (χ2n) is 5.37. The molecule has 0 saturated heterocycles. The molecule has 0 atom stereocenters. The van der Waals surface area contributed by atoms with Gasteiger partial charge in [-0.1, -0.05) is 31.5 Å². The molecule has 21 heavy (non-hydrogen) atoms. The van der Waals surface area contributed by atoms with Crippen LogP contribution in [0.5, 0.6) is 5.75 Å². The fraction of sp³-hybridized carbons (Fsp3) is 0.438. The van der Waals surface area contributed by atoms with Gasteiger partial charge in [-0.3, -0.25) is 4.68 Å². The molecule has 0 saturated carbocycles. The number of halogens is 1. The van der Waals surface area contributed by atoms with Crippen molar-refractivity contribution in [3.63, 3.8) is 0 Å². The number of aryl methyl sites for hydroxylation is 1. The third-order valence-corrected chi connectivity index (χ3v) is 3.52. The molecule has 4 nitrogen and oxygen atoms in total. The largest absolute Gasteiger partial charge is 0.493 e. The Morgan fingerprint density at radius 2 is 2.19 bits per heavy atom. The maximum absolute atomic E-state index is 6.28. The lowest BCUT2D eigenvalue weighted by atomic mass is 10.2. The van der Waals surface area contributed by atoms with Gasteiger partial charge in [-0.25, -0.2) is 0 Å². The summed E-state index contributed by atoms with van der Waals surface area (Å²) in [6.07, 6.45) is 4.70. The third-order valence-electron chi connectivity index (χ3n) is 3.17. The average Bonchev–Trinajstić information content (AvgIpc) is 2.83. The molecule has 0 aliphatic carbocycles. The molecule has 0 radical (unpaired) electrons. The molecule has 5 heteroatoms. The first-order valence-electron chi connectivity index (χ1n) is 7.17. The fourth-order valence-electron chi connectivity index (χ4n) is 2.03. The van der Waals surface area contributed by atoms with Crippen molar-refractivity contribution in [3.05, 3.63) is 46.7 Å². The highest BCUT2D eigenvalue weighted by Gasteiger charge is 2.09. The van der Waals surface area contributed by atoms with Gasteiger partial charge in [0.15, 0.2) is 0 Å². The van der Waals surface area contributed by atoms with Crippen molar-refractivity contribution in [1.29, 1.82) is 0 Å². The van der Waals surface area contributed by atoms with Crippen LogP contribution in [0.1, 0.15) is 25.0 Å². The molecule has 1 aromatic carbocycles. The van der Waals surface area contributed by atoms with Crippen LogP contribution in [-0.4, -0.2) is 22.4 Å². The normalized spacial score (nSPS) is 11.1. The van der Waals surface area contributed by atoms with E-state index in [2.05, 4.69) is 24.3 Å². The van der Waals surface area contributed by atoms with E-state index in [4.69, 9.17) is 16.3 Å². The second-order valence-corrected chi connectivity index (χ2v) is 5.78. The second kappa shape index (κ2) is 7.48. The van der Waals surface area contributed by atoms with Gasteiger partial charge in [0.05, 0.1) is 12.8 Å². The first-order valence-corrected chi connectivity index (χ1v) is 7.55. The highest BCUT2D eigenvalue weighted by atomic mass is 35.5. The molecule has 0 aliphatic rings. The number of nitrogens with zero attached hydrogens (tertiary/aromatic N) is 2. The lowest BCUT2D eigenvalue weighted by Gasteiger charge is -2.15. The molecule has 114 valence electrons. The minimum absolute atomic E-state index is 0.407. The highest BCUT2D eigenvalue weighted by molar-refractivity contribution is 6.31. The topological polar surface area (TPSA) is 39.1 Å². The monoisotopic (exact) mass is 307 g/mol. The summed E-state index contributed by atoms with van der Waals surface area (Å²) in [6.45, 7) is 5.54. The Kier molecular flexibility index (Phi) is 5.65. The summed E-state index contributed by atoms with van der Waals surface area (Å²) in [7, 11) is 1.91. The predicted molar refractivity (Wildman–Crippen MR) is 85.8 cm³/mol. The number of hydrogen-bond donors (Lipinski definition) is 1. The Bertz CT molecular complexity index is 581. The Balaban J connectivity index is 1.96. The van der Waals surface area contributed by atoms with Crippen LogP contribution in [0.2, 0.25) is 5.02 Å². The fourth-order valence-corrected chi connectivity index (χ4v) is 2.26. The summed E-state index contributed by atoms with van der Waals surface area (Å²) in [5, 5.41) is 8.27. The molecule has 2 rings (SSSR count). The Morgan fingerprint density at radius 1 is 1.38 bits per heavy atom. The molecule has 0 aliphatic heterocycles. The molecular weight excluding hydrogens is 286 g/mol. The number of rotatable bonds is 7. The van der Waals surface area contributed by atoms with E-state index in [1.165, 1.54) is 5.56 Å². The van der Waals surface area contributed by atoms with E-state index >= 15 is 0 Å². The lowest BCUT2D eigenvalue weighted by molar-refractivity contribution is 0.317. The van der Waals surface area contributed by atoms with Gasteiger partial charge in [0.25, 0.3) is 0 Å². The lowest BCUT2D eigenvalue weighted by Crippen LogP contribution is -2.22. The van der Waals surface area contributed by atoms with Crippen LogP contribution in [0.4, 0.5) is 0 Å². The van der Waals surface area contributed by atoms with E-state index in [9.17, 15) is 0 Å². The van der Waals surface area contributed by atoms with Gasteiger partial charge in [-0.2, -0.15) is 5.10 Å². The van der Waals surface area contributed by atoms with Crippen molar-refractivity contribution in [2.24, 2.45) is 7.05 Å². The molecule has 0 spiro atoms. The zero-order valence-corrected chi connectivity index (χ0v) is 13.5. The molecule has 1 aromatic heterocycles. The number of aromatic nitrogens is 2. The van der Waals surface area contributed by atoms with Crippen molar-refractivity contribution in [2.45, 2.75) is 32.9 Å². The molecule has 0 unspecified atom stereocenters. The van der Waals surface area contributed by atoms with Crippen molar-refractivity contribution in [2.75, 3.05) is 6.61 Å². The van der Waals surface area contributed by atoms with Gasteiger partial charge >= 0.3 is 0 Å². The first-order chi connectivity index (χ1) is 10.1. The standard InChI is InChI=1S/C16H22ClN3O/c1-12(2)18-10-14-15(17)5-4-6-16(14)21-8-7-13-9-19-20(3)11-13/h4-6,9,11-12,18H,7-8,10H2,1-3H3. The quantitative estimate of drug-likeness (QED) is 0.854. The van der Waals surface area contributed by atoms with Gasteiger partial charge in [-0.15, -0.1) is 0 Å². The van der Waals surface area contributed by atoms with Crippen molar-refractivity contribution in [3.8, 4) is 5.75 Å². The van der Waals surface area contributed by atoms with Crippen LogP contribution >= 0.6 is 11.6 Å². The van der Waals surface area contributed by atoms with Crippen LogP contribution < -0.4 is 10.1 Å². The maximum atomic E-state index is 6.28. The number of nitrogens with one attached hydrogen (secondary N) is 1. The molecule has 0 bridgehead atoms. The molecule has 1 N–H and O–H groups in total. The maximum Gasteiger partial charge on any atom is 0.125 e. The van der Waals surface area contributed by atoms with Gasteiger partial charge in [0.2, 0.25) is 0 Å². The Morgan fingerprint density at radius 3 is 2.86 bits per heavy atom. The zero-order chi connectivity index (χ0) is 15.2. The number of ether oxygens (including phenoxy) is 1. The predicted octanol–water partition coefficient (Wildman–Crippen LogP) is 3.19. The molecular formula is C16H22ClN3O. The molecule has 0 fully saturated rings. The summed E-state index contributed by atoms with van der Waals surface area (Å²) in [6, 6.07) is 6.18. The number of hydrogen-bond acceptors (Lipinski definition) is 3. The third kappa shape index (κ3) is 4.76. The van der Waals surface area contributed by atoms with Crippen molar-refractivity contribution in [1.82, 2.24) is 15.1 Å². The average molecular weight is 308 g/mol. The van der Waals surface area contributed by atoms with Gasteiger partial charge < -0.3 is 10.1 Å². The molecule has 0 amide bonds. The van der Waals surface area contributed by atoms with Crippen LogP contribution in [0.3, 0.4) is 0 Å². The van der Waals surface area contributed by atoms with E-state index in [-0.39, 0.29) is 0 Å². The van der Waals surface area contributed by atoms with Gasteiger partial charge in [-0.05, 0) is 17.7 Å².